The van der Waals surface area contributed by atoms with E-state index in [1.54, 1.807) is 0 Å². The van der Waals surface area contributed by atoms with Crippen LogP contribution in [0.25, 0.3) is 0 Å². The molecular formula is C32H62O3. The van der Waals surface area contributed by atoms with E-state index >= 15 is 0 Å². The first-order valence-electron chi connectivity index (χ1n) is 15.7. The van der Waals surface area contributed by atoms with Crippen molar-refractivity contribution in [2.24, 2.45) is 0 Å². The number of carbonyl (C=O) groups is 1. The number of unbranched alkanes of at least 4 members (excludes halogenated alkanes) is 25. The summed E-state index contributed by atoms with van der Waals surface area (Å²) in [4.78, 5) is 10.5. The summed E-state index contributed by atoms with van der Waals surface area (Å²) in [5.74, 6) is -0.653. The van der Waals surface area contributed by atoms with Crippen LogP contribution in [0.5, 0.6) is 0 Å². The van der Waals surface area contributed by atoms with Gasteiger partial charge in [-0.2, -0.15) is 0 Å². The molecule has 0 aliphatic carbocycles. The highest BCUT2D eigenvalue weighted by molar-refractivity contribution is 5.66. The van der Waals surface area contributed by atoms with Crippen molar-refractivity contribution >= 4 is 5.97 Å². The van der Waals surface area contributed by atoms with E-state index in [2.05, 4.69) is 12.2 Å². The van der Waals surface area contributed by atoms with E-state index in [1.807, 2.05) is 0 Å². The summed E-state index contributed by atoms with van der Waals surface area (Å²) in [6.45, 7) is 0.348. The minimum absolute atomic E-state index is 0.341. The van der Waals surface area contributed by atoms with Gasteiger partial charge >= 0.3 is 5.97 Å². The highest BCUT2D eigenvalue weighted by Crippen LogP contribution is 2.15. The molecule has 0 spiro atoms. The lowest BCUT2D eigenvalue weighted by atomic mass is 10.0. The van der Waals surface area contributed by atoms with Crippen LogP contribution in [0.3, 0.4) is 0 Å². The van der Waals surface area contributed by atoms with Gasteiger partial charge in [-0.15, -0.1) is 0 Å². The van der Waals surface area contributed by atoms with Crippen LogP contribution in [0.15, 0.2) is 12.2 Å². The molecule has 0 aromatic rings. The molecule has 0 atom stereocenters. The number of aliphatic hydroxyl groups excluding tert-OH is 1. The fraction of sp³-hybridized carbons (Fsp3) is 0.906. The third kappa shape index (κ3) is 33.2. The summed E-state index contributed by atoms with van der Waals surface area (Å²) >= 11 is 0. The monoisotopic (exact) mass is 494 g/mol. The molecule has 0 saturated carbocycles. The Bertz CT molecular complexity index is 433. The zero-order chi connectivity index (χ0) is 25.5. The Morgan fingerprint density at radius 3 is 0.943 bits per heavy atom. The zero-order valence-corrected chi connectivity index (χ0v) is 23.5. The van der Waals surface area contributed by atoms with Crippen molar-refractivity contribution in [1.82, 2.24) is 0 Å². The van der Waals surface area contributed by atoms with Crippen LogP contribution in [-0.4, -0.2) is 22.8 Å². The summed E-state index contributed by atoms with van der Waals surface area (Å²) in [6, 6.07) is 0. The number of carboxylic acids is 1. The van der Waals surface area contributed by atoms with Crippen molar-refractivity contribution < 1.29 is 15.0 Å². The van der Waals surface area contributed by atoms with Gasteiger partial charge in [0.15, 0.2) is 0 Å². The maximum absolute atomic E-state index is 10.5. The van der Waals surface area contributed by atoms with Crippen molar-refractivity contribution in [2.45, 2.75) is 180 Å². The highest BCUT2D eigenvalue weighted by atomic mass is 16.4. The minimum Gasteiger partial charge on any atom is -0.481 e. The van der Waals surface area contributed by atoms with Crippen LogP contribution in [0.2, 0.25) is 0 Å². The molecule has 3 nitrogen and oxygen atoms in total. The number of hydrogen-bond donors (Lipinski definition) is 2. The number of aliphatic hydroxyl groups is 1. The maximum Gasteiger partial charge on any atom is 0.303 e. The van der Waals surface area contributed by atoms with Crippen molar-refractivity contribution in [1.29, 1.82) is 0 Å². The predicted molar refractivity (Wildman–Crippen MR) is 153 cm³/mol. The van der Waals surface area contributed by atoms with E-state index in [-0.39, 0.29) is 0 Å². The molecule has 0 saturated heterocycles. The first-order valence-corrected chi connectivity index (χ1v) is 15.7. The number of aliphatic carboxylic acids is 1. The molecule has 0 aromatic heterocycles. The normalized spacial score (nSPS) is 11.6. The third-order valence-corrected chi connectivity index (χ3v) is 7.21. The topological polar surface area (TPSA) is 57.5 Å². The average molecular weight is 495 g/mol. The van der Waals surface area contributed by atoms with Crippen LogP contribution in [0, 0.1) is 0 Å². The van der Waals surface area contributed by atoms with E-state index in [0.717, 1.165) is 19.3 Å². The minimum atomic E-state index is -0.653. The molecule has 0 rings (SSSR count). The van der Waals surface area contributed by atoms with Gasteiger partial charge in [-0.3, -0.25) is 4.79 Å². The second-order valence-electron chi connectivity index (χ2n) is 10.8. The van der Waals surface area contributed by atoms with E-state index in [0.29, 0.717) is 13.0 Å². The van der Waals surface area contributed by atoms with Crippen molar-refractivity contribution in [2.75, 3.05) is 6.61 Å². The predicted octanol–water partition coefficient (Wildman–Crippen LogP) is 10.5. The molecule has 0 fully saturated rings. The first-order chi connectivity index (χ1) is 17.3. The van der Waals surface area contributed by atoms with E-state index in [9.17, 15) is 4.79 Å². The molecule has 0 amide bonds. The largest absolute Gasteiger partial charge is 0.481 e. The second kappa shape index (κ2) is 31.2. The lowest BCUT2D eigenvalue weighted by Crippen LogP contribution is -1.93. The van der Waals surface area contributed by atoms with Crippen LogP contribution in [-0.2, 0) is 4.79 Å². The van der Waals surface area contributed by atoms with Gasteiger partial charge in [0.2, 0.25) is 0 Å². The standard InChI is InChI=1S/C32H62O3/c33-31-29-27-25-23-21-19-17-15-13-11-9-7-5-3-1-2-4-6-8-10-12-14-16-18-20-22-24-26-28-30-32(34)35/h17,19,33H,1-16,18,20-31H2,(H,34,35). The molecule has 3 heteroatoms. The summed E-state index contributed by atoms with van der Waals surface area (Å²) in [6.07, 6.45) is 40.7. The molecule has 0 bridgehead atoms. The lowest BCUT2D eigenvalue weighted by molar-refractivity contribution is -0.137. The summed E-state index contributed by atoms with van der Waals surface area (Å²) in [5.41, 5.74) is 0. The van der Waals surface area contributed by atoms with Gasteiger partial charge in [-0.25, -0.2) is 0 Å². The van der Waals surface area contributed by atoms with Gasteiger partial charge in [0.1, 0.15) is 0 Å². The Labute approximate surface area is 219 Å². The Morgan fingerprint density at radius 2 is 0.657 bits per heavy atom. The van der Waals surface area contributed by atoms with E-state index in [4.69, 9.17) is 10.2 Å². The third-order valence-electron chi connectivity index (χ3n) is 7.21. The number of hydrogen-bond acceptors (Lipinski definition) is 2. The fourth-order valence-electron chi connectivity index (χ4n) is 4.86. The molecule has 0 heterocycles. The molecule has 35 heavy (non-hydrogen) atoms. The smallest absolute Gasteiger partial charge is 0.303 e. The van der Waals surface area contributed by atoms with Gasteiger partial charge in [-0.1, -0.05) is 147 Å². The number of rotatable bonds is 30. The molecule has 208 valence electrons. The highest BCUT2D eigenvalue weighted by Gasteiger charge is 1.97. The van der Waals surface area contributed by atoms with Crippen molar-refractivity contribution in [3.8, 4) is 0 Å². The quantitative estimate of drug-likeness (QED) is 0.0771. The van der Waals surface area contributed by atoms with Gasteiger partial charge < -0.3 is 10.2 Å². The van der Waals surface area contributed by atoms with Gasteiger partial charge in [0, 0.05) is 13.0 Å². The summed E-state index contributed by atoms with van der Waals surface area (Å²) in [7, 11) is 0. The summed E-state index contributed by atoms with van der Waals surface area (Å²) in [5, 5.41) is 17.4. The molecule has 0 aliphatic rings. The maximum atomic E-state index is 10.5. The van der Waals surface area contributed by atoms with Gasteiger partial charge in [0.05, 0.1) is 0 Å². The number of carboxylic acid groups (broad SMARTS) is 1. The second-order valence-corrected chi connectivity index (χ2v) is 10.8. The van der Waals surface area contributed by atoms with Crippen LogP contribution in [0.4, 0.5) is 0 Å². The van der Waals surface area contributed by atoms with Gasteiger partial charge in [-0.05, 0) is 38.5 Å². The Hall–Kier alpha value is -0.830. The Kier molecular flexibility index (Phi) is 30.5. The Balaban J connectivity index is 3.06. The zero-order valence-electron chi connectivity index (χ0n) is 23.5. The van der Waals surface area contributed by atoms with Crippen LogP contribution >= 0.6 is 0 Å². The van der Waals surface area contributed by atoms with E-state index in [1.165, 1.54) is 154 Å². The number of allylic oxidation sites excluding steroid dienone is 2. The molecule has 2 N–H and O–H groups in total. The molecule has 0 aliphatic heterocycles. The lowest BCUT2D eigenvalue weighted by Gasteiger charge is -2.04. The molecule has 0 radical (unpaired) electrons. The SMILES string of the molecule is O=C(O)CCCCCCCCCCCCCCCCCCCCCCCC=CCCCCCCO. The average Bonchev–Trinajstić information content (AvgIpc) is 2.85. The van der Waals surface area contributed by atoms with Crippen LogP contribution in [0.1, 0.15) is 180 Å². The fourth-order valence-corrected chi connectivity index (χ4v) is 4.86. The molecule has 0 aromatic carbocycles. The molecular weight excluding hydrogens is 432 g/mol. The summed E-state index contributed by atoms with van der Waals surface area (Å²) < 4.78 is 0. The molecule has 0 unspecified atom stereocenters. The Morgan fingerprint density at radius 1 is 0.400 bits per heavy atom. The van der Waals surface area contributed by atoms with Crippen LogP contribution < -0.4 is 0 Å². The van der Waals surface area contributed by atoms with Gasteiger partial charge in [0.25, 0.3) is 0 Å². The van der Waals surface area contributed by atoms with E-state index < -0.39 is 5.97 Å². The van der Waals surface area contributed by atoms with Crippen molar-refractivity contribution in [3.63, 3.8) is 0 Å². The first kappa shape index (κ1) is 34.2. The van der Waals surface area contributed by atoms with Crippen molar-refractivity contribution in [3.05, 3.63) is 12.2 Å².